The predicted molar refractivity (Wildman–Crippen MR) is 89.6 cm³/mol. The molecule has 0 radical (unpaired) electrons. The Kier molecular flexibility index (Phi) is 4.53. The Hall–Kier alpha value is -2.14. The summed E-state index contributed by atoms with van der Waals surface area (Å²) in [6, 6.07) is 11.3. The fourth-order valence-electron chi connectivity index (χ4n) is 3.06. The van der Waals surface area contributed by atoms with Crippen molar-refractivity contribution in [1.29, 1.82) is 0 Å². The highest BCUT2D eigenvalue weighted by Gasteiger charge is 2.23. The van der Waals surface area contributed by atoms with Crippen LogP contribution in [0.15, 0.2) is 42.7 Å². The average Bonchev–Trinajstić information content (AvgIpc) is 2.56. The van der Waals surface area contributed by atoms with Crippen LogP contribution >= 0.6 is 0 Å². The summed E-state index contributed by atoms with van der Waals surface area (Å²) in [5, 5.41) is 0. The molecule has 2 N–H and O–H groups in total. The summed E-state index contributed by atoms with van der Waals surface area (Å²) >= 11 is 0. The monoisotopic (exact) mass is 297 g/mol. The van der Waals surface area contributed by atoms with Gasteiger partial charge in [0.25, 0.3) is 0 Å². The molecule has 0 spiro atoms. The van der Waals surface area contributed by atoms with E-state index in [-0.39, 0.29) is 0 Å². The molecule has 5 heteroatoms. The second-order valence-electron chi connectivity index (χ2n) is 5.92. The maximum absolute atomic E-state index is 5.72. The smallest absolute Gasteiger partial charge is 0.149 e. The van der Waals surface area contributed by atoms with Gasteiger partial charge in [-0.1, -0.05) is 30.3 Å². The van der Waals surface area contributed by atoms with E-state index in [9.17, 15) is 0 Å². The van der Waals surface area contributed by atoms with E-state index in [1.54, 1.807) is 12.4 Å². The van der Waals surface area contributed by atoms with Gasteiger partial charge in [0.1, 0.15) is 11.6 Å². The zero-order valence-corrected chi connectivity index (χ0v) is 13.0. The second-order valence-corrected chi connectivity index (χ2v) is 5.92. The molecule has 116 valence electrons. The van der Waals surface area contributed by atoms with E-state index >= 15 is 0 Å². The van der Waals surface area contributed by atoms with Crippen molar-refractivity contribution in [3.05, 3.63) is 48.3 Å². The molecular weight excluding hydrogens is 274 g/mol. The lowest BCUT2D eigenvalue weighted by Crippen LogP contribution is -2.43. The molecule has 1 aromatic heterocycles. The van der Waals surface area contributed by atoms with Gasteiger partial charge in [-0.15, -0.1) is 0 Å². The zero-order chi connectivity index (χ0) is 15.4. The molecule has 2 heterocycles. The van der Waals surface area contributed by atoms with Crippen LogP contribution in [-0.2, 0) is 6.54 Å². The highest BCUT2D eigenvalue weighted by molar-refractivity contribution is 5.41. The number of rotatable bonds is 4. The first-order chi connectivity index (χ1) is 10.7. The lowest BCUT2D eigenvalue weighted by Gasteiger charge is -2.37. The number of nitrogens with zero attached hydrogens (tertiary/aromatic N) is 4. The van der Waals surface area contributed by atoms with Crippen LogP contribution in [0, 0.1) is 0 Å². The Morgan fingerprint density at radius 1 is 1.18 bits per heavy atom. The number of nitrogens with two attached hydrogens (primary N) is 1. The van der Waals surface area contributed by atoms with Crippen molar-refractivity contribution in [3.63, 3.8) is 0 Å². The molecule has 22 heavy (non-hydrogen) atoms. The normalized spacial score (nSPS) is 16.2. The third kappa shape index (κ3) is 3.54. The van der Waals surface area contributed by atoms with Crippen LogP contribution in [0.25, 0.3) is 0 Å². The number of anilines is 2. The molecule has 1 saturated heterocycles. The average molecular weight is 297 g/mol. The number of nitrogen functional groups attached to an aromatic ring is 1. The van der Waals surface area contributed by atoms with E-state index in [2.05, 4.69) is 57.1 Å². The van der Waals surface area contributed by atoms with Crippen molar-refractivity contribution in [1.82, 2.24) is 14.9 Å². The van der Waals surface area contributed by atoms with Crippen molar-refractivity contribution in [2.24, 2.45) is 0 Å². The lowest BCUT2D eigenvalue weighted by molar-refractivity contribution is 0.200. The Balaban J connectivity index is 1.55. The summed E-state index contributed by atoms with van der Waals surface area (Å²) in [6.45, 7) is 3.01. The molecule has 5 nitrogen and oxygen atoms in total. The van der Waals surface area contributed by atoms with Crippen LogP contribution in [0.2, 0.25) is 0 Å². The summed E-state index contributed by atoms with van der Waals surface area (Å²) in [7, 11) is 2.22. The highest BCUT2D eigenvalue weighted by atomic mass is 15.2. The van der Waals surface area contributed by atoms with Gasteiger partial charge >= 0.3 is 0 Å². The van der Waals surface area contributed by atoms with Gasteiger partial charge in [-0.3, -0.25) is 9.88 Å². The minimum Gasteiger partial charge on any atom is -0.382 e. The van der Waals surface area contributed by atoms with Gasteiger partial charge in [0.2, 0.25) is 0 Å². The van der Waals surface area contributed by atoms with E-state index in [1.165, 1.54) is 5.56 Å². The minimum atomic E-state index is 0.487. The number of hydrogen-bond donors (Lipinski definition) is 1. The standard InChI is InChI=1S/C17H23N5/c1-21(13-14-5-3-2-4-6-14)15-7-9-22(10-8-15)17-12-19-11-16(18)20-17/h2-6,11-12,15H,7-10,13H2,1H3,(H2,18,20). The SMILES string of the molecule is CN(Cc1ccccc1)C1CCN(c2cncc(N)n2)CC1. The molecule has 2 aromatic rings. The van der Waals surface area contributed by atoms with E-state index in [1.807, 2.05) is 0 Å². The highest BCUT2D eigenvalue weighted by Crippen LogP contribution is 2.21. The van der Waals surface area contributed by atoms with Crippen molar-refractivity contribution in [2.75, 3.05) is 30.8 Å². The topological polar surface area (TPSA) is 58.3 Å². The number of hydrogen-bond acceptors (Lipinski definition) is 5. The first-order valence-corrected chi connectivity index (χ1v) is 7.79. The lowest BCUT2D eigenvalue weighted by atomic mass is 10.0. The zero-order valence-electron chi connectivity index (χ0n) is 13.0. The fraction of sp³-hybridized carbons (Fsp3) is 0.412. The molecule has 0 atom stereocenters. The van der Waals surface area contributed by atoms with Crippen molar-refractivity contribution in [2.45, 2.75) is 25.4 Å². The Bertz CT molecular complexity index is 593. The molecule has 0 amide bonds. The summed E-state index contributed by atoms with van der Waals surface area (Å²) in [4.78, 5) is 13.2. The molecular formula is C17H23N5. The van der Waals surface area contributed by atoms with Crippen LogP contribution in [0.5, 0.6) is 0 Å². The third-order valence-electron chi connectivity index (χ3n) is 4.33. The molecule has 1 aliphatic heterocycles. The van der Waals surface area contributed by atoms with E-state index < -0.39 is 0 Å². The molecule has 1 aromatic carbocycles. The Labute approximate surface area is 131 Å². The molecule has 1 aliphatic rings. The van der Waals surface area contributed by atoms with Gasteiger partial charge < -0.3 is 10.6 Å². The van der Waals surface area contributed by atoms with Gasteiger partial charge in [-0.05, 0) is 25.5 Å². The molecule has 1 fully saturated rings. The largest absolute Gasteiger partial charge is 0.382 e. The van der Waals surface area contributed by atoms with Crippen LogP contribution in [0.4, 0.5) is 11.6 Å². The van der Waals surface area contributed by atoms with Crippen molar-refractivity contribution >= 4 is 11.6 Å². The van der Waals surface area contributed by atoms with Gasteiger partial charge in [-0.2, -0.15) is 0 Å². The van der Waals surface area contributed by atoms with Gasteiger partial charge in [-0.25, -0.2) is 4.98 Å². The summed E-state index contributed by atoms with van der Waals surface area (Å²) in [5.74, 6) is 1.38. The molecule has 0 unspecified atom stereocenters. The fourth-order valence-corrected chi connectivity index (χ4v) is 3.06. The number of benzene rings is 1. The van der Waals surface area contributed by atoms with E-state index in [0.717, 1.165) is 38.3 Å². The molecule has 0 saturated carbocycles. The molecule has 0 aliphatic carbocycles. The minimum absolute atomic E-state index is 0.487. The second kappa shape index (κ2) is 6.75. The Morgan fingerprint density at radius 2 is 1.91 bits per heavy atom. The first kappa shape index (κ1) is 14.8. The van der Waals surface area contributed by atoms with E-state index in [0.29, 0.717) is 11.9 Å². The predicted octanol–water partition coefficient (Wildman–Crippen LogP) is 2.16. The maximum Gasteiger partial charge on any atom is 0.149 e. The van der Waals surface area contributed by atoms with Gasteiger partial charge in [0.05, 0.1) is 12.4 Å². The maximum atomic E-state index is 5.72. The molecule has 0 bridgehead atoms. The van der Waals surface area contributed by atoms with E-state index in [4.69, 9.17) is 5.73 Å². The summed E-state index contributed by atoms with van der Waals surface area (Å²) in [6.07, 6.45) is 5.66. The molecule has 3 rings (SSSR count). The third-order valence-corrected chi connectivity index (χ3v) is 4.33. The van der Waals surface area contributed by atoms with Gasteiger partial charge in [0, 0.05) is 25.7 Å². The first-order valence-electron chi connectivity index (χ1n) is 7.79. The quantitative estimate of drug-likeness (QED) is 0.937. The summed E-state index contributed by atoms with van der Waals surface area (Å²) in [5.41, 5.74) is 7.09. The Morgan fingerprint density at radius 3 is 2.59 bits per heavy atom. The number of piperidine rings is 1. The van der Waals surface area contributed by atoms with Crippen molar-refractivity contribution in [3.8, 4) is 0 Å². The van der Waals surface area contributed by atoms with Crippen LogP contribution in [0.3, 0.4) is 0 Å². The van der Waals surface area contributed by atoms with Crippen LogP contribution in [-0.4, -0.2) is 41.0 Å². The van der Waals surface area contributed by atoms with Crippen molar-refractivity contribution < 1.29 is 0 Å². The van der Waals surface area contributed by atoms with Crippen LogP contribution in [0.1, 0.15) is 18.4 Å². The van der Waals surface area contributed by atoms with Crippen LogP contribution < -0.4 is 10.6 Å². The van der Waals surface area contributed by atoms with Gasteiger partial charge in [0.15, 0.2) is 0 Å². The number of aromatic nitrogens is 2. The summed E-state index contributed by atoms with van der Waals surface area (Å²) < 4.78 is 0.